The van der Waals surface area contributed by atoms with Crippen LogP contribution in [0.25, 0.3) is 11.3 Å². The average Bonchev–Trinajstić information content (AvgIpc) is 3.36. The van der Waals surface area contributed by atoms with E-state index in [4.69, 9.17) is 19.9 Å². The summed E-state index contributed by atoms with van der Waals surface area (Å²) in [6, 6.07) is 16.3. The first-order valence-electron chi connectivity index (χ1n) is 13.2. The first kappa shape index (κ1) is 30.0. The number of esters is 1. The Hall–Kier alpha value is -4.99. The zero-order valence-corrected chi connectivity index (χ0v) is 24.1. The van der Waals surface area contributed by atoms with E-state index in [1.165, 1.54) is 31.5 Å². The Bertz CT molecular complexity index is 1640. The summed E-state index contributed by atoms with van der Waals surface area (Å²) in [6.45, 7) is 7.00. The number of pyridine rings is 1. The molecule has 218 valence electrons. The van der Waals surface area contributed by atoms with Gasteiger partial charge in [-0.2, -0.15) is 0 Å². The van der Waals surface area contributed by atoms with Crippen molar-refractivity contribution >= 4 is 23.7 Å². The molecule has 9 nitrogen and oxygen atoms in total. The van der Waals surface area contributed by atoms with Gasteiger partial charge in [-0.1, -0.05) is 29.8 Å². The van der Waals surface area contributed by atoms with Crippen LogP contribution in [-0.2, 0) is 27.1 Å². The van der Waals surface area contributed by atoms with Crippen LogP contribution in [0.15, 0.2) is 66.9 Å². The van der Waals surface area contributed by atoms with E-state index in [0.717, 1.165) is 15.7 Å². The van der Waals surface area contributed by atoms with Crippen LogP contribution in [0.5, 0.6) is 11.5 Å². The van der Waals surface area contributed by atoms with E-state index in [-0.39, 0.29) is 30.1 Å². The fourth-order valence-electron chi connectivity index (χ4n) is 4.21. The van der Waals surface area contributed by atoms with Crippen LogP contribution in [0.3, 0.4) is 0 Å². The number of nitrogens with two attached hydrogens (primary N) is 1. The highest BCUT2D eigenvalue weighted by Gasteiger charge is 2.25. The van der Waals surface area contributed by atoms with Gasteiger partial charge in [-0.05, 0) is 63.1 Å². The van der Waals surface area contributed by atoms with Gasteiger partial charge in [0.15, 0.2) is 0 Å². The summed E-state index contributed by atoms with van der Waals surface area (Å²) < 4.78 is 31.3. The molecule has 0 aliphatic carbocycles. The number of Topliss-reactive ketones (excluding diaryl/α,β-unsaturated/α-hetero) is 1. The van der Waals surface area contributed by atoms with Crippen molar-refractivity contribution in [1.82, 2.24) is 9.55 Å². The van der Waals surface area contributed by atoms with Crippen molar-refractivity contribution < 1.29 is 33.0 Å². The van der Waals surface area contributed by atoms with Crippen molar-refractivity contribution in [1.29, 1.82) is 0 Å². The summed E-state index contributed by atoms with van der Waals surface area (Å²) in [7, 11) is 1.21. The quantitative estimate of drug-likeness (QED) is 0.244. The third kappa shape index (κ3) is 7.60. The number of hydrogen-bond acceptors (Lipinski definition) is 8. The predicted molar refractivity (Wildman–Crippen MR) is 155 cm³/mol. The topological polar surface area (TPSA) is 123 Å². The first-order valence-corrected chi connectivity index (χ1v) is 13.2. The SMILES string of the molecule is COC(=O)c1cc(-c2cc(Oc3ccc(CC(=O)Cc4cc(C)ccc4F)cc3)cc(N)n2)cn1C(=O)OC(C)(C)C. The molecular weight excluding hydrogens is 541 g/mol. The molecule has 0 aliphatic rings. The lowest BCUT2D eigenvalue weighted by Gasteiger charge is -2.20. The van der Waals surface area contributed by atoms with Gasteiger partial charge in [0, 0.05) is 36.7 Å². The second-order valence-electron chi connectivity index (χ2n) is 10.8. The molecule has 2 N–H and O–H groups in total. The van der Waals surface area contributed by atoms with E-state index in [2.05, 4.69) is 4.98 Å². The summed E-state index contributed by atoms with van der Waals surface area (Å²) in [5, 5.41) is 0. The highest BCUT2D eigenvalue weighted by Crippen LogP contribution is 2.30. The molecule has 10 heteroatoms. The maximum absolute atomic E-state index is 14.0. The molecule has 0 fully saturated rings. The number of benzene rings is 2. The standard InChI is InChI=1S/C32H32FN3O6/c1-19-6-11-26(33)21(12-19)14-23(37)13-20-7-9-24(10-8-20)41-25-16-27(35-29(34)17-25)22-15-28(30(38)40-5)36(18-22)31(39)42-32(2,3)4/h6-12,15-18H,13-14H2,1-5H3,(H2,34,35). The predicted octanol–water partition coefficient (Wildman–Crippen LogP) is 6.30. The normalized spacial score (nSPS) is 11.2. The Labute approximate surface area is 243 Å². The van der Waals surface area contributed by atoms with Crippen LogP contribution in [-0.4, -0.2) is 40.1 Å². The fourth-order valence-corrected chi connectivity index (χ4v) is 4.21. The van der Waals surface area contributed by atoms with E-state index >= 15 is 0 Å². The number of aryl methyl sites for hydroxylation is 1. The van der Waals surface area contributed by atoms with E-state index in [0.29, 0.717) is 28.3 Å². The molecule has 0 amide bonds. The number of ketones is 1. The zero-order chi connectivity index (χ0) is 30.6. The molecule has 4 rings (SSSR count). The molecule has 0 saturated heterocycles. The monoisotopic (exact) mass is 573 g/mol. The highest BCUT2D eigenvalue weighted by atomic mass is 19.1. The number of carbonyl (C=O) groups is 3. The van der Waals surface area contributed by atoms with Gasteiger partial charge < -0.3 is 19.9 Å². The molecule has 0 bridgehead atoms. The largest absolute Gasteiger partial charge is 0.464 e. The average molecular weight is 574 g/mol. The molecule has 42 heavy (non-hydrogen) atoms. The molecule has 0 radical (unpaired) electrons. The third-order valence-electron chi connectivity index (χ3n) is 6.07. The van der Waals surface area contributed by atoms with Crippen LogP contribution < -0.4 is 10.5 Å². The van der Waals surface area contributed by atoms with Crippen LogP contribution >= 0.6 is 0 Å². The van der Waals surface area contributed by atoms with Gasteiger partial charge in [0.25, 0.3) is 0 Å². The van der Waals surface area contributed by atoms with Gasteiger partial charge in [-0.15, -0.1) is 0 Å². The molecule has 0 spiro atoms. The lowest BCUT2D eigenvalue weighted by atomic mass is 10.0. The van der Waals surface area contributed by atoms with Crippen LogP contribution in [0.1, 0.15) is 48.0 Å². The highest BCUT2D eigenvalue weighted by molar-refractivity contribution is 5.94. The first-order chi connectivity index (χ1) is 19.8. The number of carbonyl (C=O) groups excluding carboxylic acids is 3. The van der Waals surface area contributed by atoms with Gasteiger partial charge in [-0.3, -0.25) is 4.79 Å². The van der Waals surface area contributed by atoms with Gasteiger partial charge >= 0.3 is 12.1 Å². The molecule has 0 saturated carbocycles. The van der Waals surface area contributed by atoms with E-state index in [9.17, 15) is 18.8 Å². The molecule has 0 aliphatic heterocycles. The Morgan fingerprint density at radius 3 is 2.33 bits per heavy atom. The number of nitrogens with zero attached hydrogens (tertiary/aromatic N) is 2. The Balaban J connectivity index is 1.51. The van der Waals surface area contributed by atoms with Crippen LogP contribution in [0.4, 0.5) is 15.0 Å². The van der Waals surface area contributed by atoms with Crippen molar-refractivity contribution in [2.45, 2.75) is 46.1 Å². The van der Waals surface area contributed by atoms with Gasteiger partial charge in [0.05, 0.1) is 12.8 Å². The van der Waals surface area contributed by atoms with E-state index in [1.54, 1.807) is 63.2 Å². The minimum atomic E-state index is -0.785. The number of nitrogen functional groups attached to an aromatic ring is 1. The molecule has 2 heterocycles. The minimum Gasteiger partial charge on any atom is -0.464 e. The van der Waals surface area contributed by atoms with Crippen LogP contribution in [0.2, 0.25) is 0 Å². The Morgan fingerprint density at radius 2 is 1.67 bits per heavy atom. The Morgan fingerprint density at radius 1 is 0.952 bits per heavy atom. The third-order valence-corrected chi connectivity index (χ3v) is 6.07. The molecule has 0 unspecified atom stereocenters. The number of anilines is 1. The van der Waals surface area contributed by atoms with Crippen LogP contribution in [0, 0.1) is 12.7 Å². The van der Waals surface area contributed by atoms with Crippen molar-refractivity contribution in [3.8, 4) is 22.8 Å². The van der Waals surface area contributed by atoms with E-state index in [1.807, 2.05) is 6.92 Å². The lowest BCUT2D eigenvalue weighted by Crippen LogP contribution is -2.28. The summed E-state index contributed by atoms with van der Waals surface area (Å²) in [4.78, 5) is 42.0. The van der Waals surface area contributed by atoms with Gasteiger partial charge in [0.2, 0.25) is 0 Å². The lowest BCUT2D eigenvalue weighted by molar-refractivity contribution is -0.117. The summed E-state index contributed by atoms with van der Waals surface area (Å²) in [6.07, 6.45) is 0.826. The number of methoxy groups -OCH3 is 1. The second-order valence-corrected chi connectivity index (χ2v) is 10.8. The number of aromatic nitrogens is 2. The molecule has 4 aromatic rings. The number of hydrogen-bond donors (Lipinski definition) is 1. The maximum Gasteiger partial charge on any atom is 0.419 e. The summed E-state index contributed by atoms with van der Waals surface area (Å²) in [5.41, 5.74) is 8.02. The zero-order valence-electron chi connectivity index (χ0n) is 24.1. The number of rotatable bonds is 8. The van der Waals surface area contributed by atoms with Crippen molar-refractivity contribution in [3.05, 3.63) is 95.1 Å². The molecule has 2 aromatic carbocycles. The smallest absolute Gasteiger partial charge is 0.419 e. The fraction of sp³-hybridized carbons (Fsp3) is 0.250. The van der Waals surface area contributed by atoms with Gasteiger partial charge in [-0.25, -0.2) is 23.5 Å². The Kier molecular flexibility index (Phi) is 8.75. The number of ether oxygens (including phenoxy) is 3. The van der Waals surface area contributed by atoms with E-state index < -0.39 is 23.5 Å². The minimum absolute atomic E-state index is 0.0121. The maximum atomic E-state index is 14.0. The summed E-state index contributed by atoms with van der Waals surface area (Å²) >= 11 is 0. The molecule has 0 atom stereocenters. The molecular formula is C32H32FN3O6. The van der Waals surface area contributed by atoms with Crippen molar-refractivity contribution in [3.63, 3.8) is 0 Å². The summed E-state index contributed by atoms with van der Waals surface area (Å²) in [5.74, 6) is -0.233. The van der Waals surface area contributed by atoms with Gasteiger partial charge in [0.1, 0.15) is 40.2 Å². The molecule has 2 aromatic heterocycles. The second kappa shape index (κ2) is 12.3. The number of halogens is 1. The van der Waals surface area contributed by atoms with Crippen molar-refractivity contribution in [2.24, 2.45) is 0 Å². The van der Waals surface area contributed by atoms with Crippen molar-refractivity contribution in [2.75, 3.05) is 12.8 Å².